The average Bonchev–Trinajstić information content (AvgIpc) is 2.82. The van der Waals surface area contributed by atoms with Gasteiger partial charge in [-0.25, -0.2) is 8.78 Å². The van der Waals surface area contributed by atoms with Crippen molar-refractivity contribution in [1.82, 2.24) is 0 Å². The zero-order valence-corrected chi connectivity index (χ0v) is 20.2. The van der Waals surface area contributed by atoms with Crippen molar-refractivity contribution in [3.63, 3.8) is 0 Å². The fourth-order valence-corrected chi connectivity index (χ4v) is 5.56. The van der Waals surface area contributed by atoms with E-state index in [1.54, 1.807) is 6.07 Å². The average molecular weight is 493 g/mol. The van der Waals surface area contributed by atoms with Crippen LogP contribution in [0.15, 0.2) is 35.9 Å². The fraction of sp³-hybridized carbons (Fsp3) is 0.517. The molecule has 0 heterocycles. The van der Waals surface area contributed by atoms with E-state index in [1.807, 2.05) is 0 Å². The molecule has 2 aliphatic carbocycles. The Balaban J connectivity index is 1.40. The number of halogens is 5. The number of hydrogen-bond donors (Lipinski definition) is 0. The van der Waals surface area contributed by atoms with Gasteiger partial charge in [-0.2, -0.15) is 0 Å². The lowest BCUT2D eigenvalue weighted by atomic mass is 9.77. The summed E-state index contributed by atoms with van der Waals surface area (Å²) in [6, 6.07) is 6.16. The molecule has 0 spiro atoms. The normalized spacial score (nSPS) is 20.3. The molecular weight excluding hydrogens is 459 g/mol. The van der Waals surface area contributed by atoms with E-state index in [4.69, 9.17) is 0 Å². The zero-order chi connectivity index (χ0) is 25.0. The van der Waals surface area contributed by atoms with Crippen molar-refractivity contribution in [3.05, 3.63) is 58.7 Å². The van der Waals surface area contributed by atoms with Gasteiger partial charge in [0.05, 0.1) is 0 Å². The fourth-order valence-electron chi connectivity index (χ4n) is 5.56. The third kappa shape index (κ3) is 6.86. The van der Waals surface area contributed by atoms with Gasteiger partial charge in [-0.3, -0.25) is 0 Å². The van der Waals surface area contributed by atoms with Crippen molar-refractivity contribution in [2.75, 3.05) is 0 Å². The van der Waals surface area contributed by atoms with Gasteiger partial charge in [0.2, 0.25) is 0 Å². The van der Waals surface area contributed by atoms with E-state index in [9.17, 15) is 22.0 Å². The van der Waals surface area contributed by atoms with Crippen molar-refractivity contribution in [2.24, 2.45) is 11.8 Å². The maximum Gasteiger partial charge on any atom is 0.573 e. The molecular formula is C29H33F5O. The Bertz CT molecular complexity index is 1050. The molecule has 0 aromatic heterocycles. The van der Waals surface area contributed by atoms with Crippen LogP contribution in [0.1, 0.15) is 82.3 Å². The largest absolute Gasteiger partial charge is 0.573 e. The minimum atomic E-state index is -4.99. The standard InChI is InChI=1S/C29H33F5O/c1-2-3-4-19-5-7-20(8-6-19)9-10-21-11-12-22-16-25(26(30)18-24(22)15-21)23-13-14-28(27(31)17-23)35-29(32,33)34/h13-20H,2-12H2,1H3. The third-order valence-electron chi connectivity index (χ3n) is 7.58. The SMILES string of the molecule is CCCCC1CCC(CCC2=Cc3cc(F)c(-c4ccc(OC(F)(F)F)c(F)c4)cc3CC2)CC1. The highest BCUT2D eigenvalue weighted by Gasteiger charge is 2.32. The molecule has 1 saturated carbocycles. The number of aryl methyl sites for hydroxylation is 1. The summed E-state index contributed by atoms with van der Waals surface area (Å²) in [6.07, 6.45) is 10.3. The van der Waals surface area contributed by atoms with Crippen LogP contribution in [0.5, 0.6) is 5.75 Å². The Morgan fingerprint density at radius 3 is 2.26 bits per heavy atom. The molecule has 1 nitrogen and oxygen atoms in total. The summed E-state index contributed by atoms with van der Waals surface area (Å²) in [4.78, 5) is 0. The van der Waals surface area contributed by atoms with Gasteiger partial charge >= 0.3 is 6.36 Å². The highest BCUT2D eigenvalue weighted by Crippen LogP contribution is 2.38. The van der Waals surface area contributed by atoms with E-state index in [0.717, 1.165) is 54.4 Å². The van der Waals surface area contributed by atoms with Gasteiger partial charge < -0.3 is 4.74 Å². The maximum absolute atomic E-state index is 14.9. The topological polar surface area (TPSA) is 9.23 Å². The van der Waals surface area contributed by atoms with Crippen molar-refractivity contribution in [3.8, 4) is 16.9 Å². The van der Waals surface area contributed by atoms with Crippen LogP contribution >= 0.6 is 0 Å². The van der Waals surface area contributed by atoms with Gasteiger partial charge in [-0.05, 0) is 78.5 Å². The summed E-state index contributed by atoms with van der Waals surface area (Å²) >= 11 is 0. The van der Waals surface area contributed by atoms with E-state index in [1.165, 1.54) is 69.1 Å². The molecule has 1 fully saturated rings. The first-order valence-corrected chi connectivity index (χ1v) is 12.8. The van der Waals surface area contributed by atoms with E-state index in [-0.39, 0.29) is 11.1 Å². The molecule has 0 saturated heterocycles. The molecule has 2 aliphatic rings. The predicted octanol–water partition coefficient (Wildman–Crippen LogP) is 9.64. The summed E-state index contributed by atoms with van der Waals surface area (Å²) in [5, 5.41) is 0. The summed E-state index contributed by atoms with van der Waals surface area (Å²) in [5.74, 6) is -0.935. The van der Waals surface area contributed by atoms with Crippen LogP contribution in [0.25, 0.3) is 17.2 Å². The lowest BCUT2D eigenvalue weighted by molar-refractivity contribution is -0.275. The number of alkyl halides is 3. The second-order valence-corrected chi connectivity index (χ2v) is 10.1. The van der Waals surface area contributed by atoms with Gasteiger partial charge in [-0.15, -0.1) is 13.2 Å². The Labute approximate surface area is 204 Å². The predicted molar refractivity (Wildman–Crippen MR) is 129 cm³/mol. The molecule has 0 bridgehead atoms. The molecule has 6 heteroatoms. The lowest BCUT2D eigenvalue weighted by Crippen LogP contribution is -2.17. The van der Waals surface area contributed by atoms with E-state index >= 15 is 0 Å². The quantitative estimate of drug-likeness (QED) is 0.333. The van der Waals surface area contributed by atoms with Crippen molar-refractivity contribution >= 4 is 6.08 Å². The minimum absolute atomic E-state index is 0.179. The molecule has 2 aromatic rings. The van der Waals surface area contributed by atoms with Crippen LogP contribution in [-0.4, -0.2) is 6.36 Å². The molecule has 0 N–H and O–H groups in total. The summed E-state index contributed by atoms with van der Waals surface area (Å²) in [6.45, 7) is 2.25. The molecule has 0 radical (unpaired) electrons. The van der Waals surface area contributed by atoms with Gasteiger partial charge in [0.1, 0.15) is 5.82 Å². The van der Waals surface area contributed by atoms with Crippen LogP contribution in [-0.2, 0) is 6.42 Å². The molecule has 0 amide bonds. The Hall–Kier alpha value is -2.37. The summed E-state index contributed by atoms with van der Waals surface area (Å²) in [5.41, 5.74) is 3.52. The number of hydrogen-bond acceptors (Lipinski definition) is 1. The molecule has 0 aliphatic heterocycles. The van der Waals surface area contributed by atoms with Crippen LogP contribution in [0.4, 0.5) is 22.0 Å². The number of rotatable bonds is 8. The second kappa shape index (κ2) is 11.1. The van der Waals surface area contributed by atoms with E-state index < -0.39 is 23.7 Å². The maximum atomic E-state index is 14.9. The van der Waals surface area contributed by atoms with Gasteiger partial charge in [0, 0.05) is 5.56 Å². The van der Waals surface area contributed by atoms with Crippen LogP contribution in [0.3, 0.4) is 0 Å². The first-order valence-electron chi connectivity index (χ1n) is 12.8. The molecule has 0 unspecified atom stereocenters. The van der Waals surface area contributed by atoms with Crippen LogP contribution < -0.4 is 4.74 Å². The smallest absolute Gasteiger partial charge is 0.403 e. The number of benzene rings is 2. The molecule has 35 heavy (non-hydrogen) atoms. The van der Waals surface area contributed by atoms with Gasteiger partial charge in [0.25, 0.3) is 0 Å². The summed E-state index contributed by atoms with van der Waals surface area (Å²) < 4.78 is 69.9. The first kappa shape index (κ1) is 25.7. The van der Waals surface area contributed by atoms with Crippen molar-refractivity contribution in [2.45, 2.75) is 83.9 Å². The first-order chi connectivity index (χ1) is 16.7. The molecule has 0 atom stereocenters. The summed E-state index contributed by atoms with van der Waals surface area (Å²) in [7, 11) is 0. The highest BCUT2D eigenvalue weighted by molar-refractivity contribution is 5.71. The van der Waals surface area contributed by atoms with Gasteiger partial charge in [-0.1, -0.05) is 69.6 Å². The minimum Gasteiger partial charge on any atom is -0.403 e. The Morgan fingerprint density at radius 1 is 0.886 bits per heavy atom. The monoisotopic (exact) mass is 492 g/mol. The van der Waals surface area contributed by atoms with Crippen molar-refractivity contribution in [1.29, 1.82) is 0 Å². The highest BCUT2D eigenvalue weighted by atomic mass is 19.4. The van der Waals surface area contributed by atoms with Crippen LogP contribution in [0.2, 0.25) is 0 Å². The lowest BCUT2D eigenvalue weighted by Gasteiger charge is -2.29. The third-order valence-corrected chi connectivity index (χ3v) is 7.58. The molecule has 2 aromatic carbocycles. The second-order valence-electron chi connectivity index (χ2n) is 10.1. The van der Waals surface area contributed by atoms with E-state index in [2.05, 4.69) is 17.7 Å². The van der Waals surface area contributed by atoms with E-state index in [0.29, 0.717) is 0 Å². The Morgan fingerprint density at radius 2 is 1.60 bits per heavy atom. The molecule has 190 valence electrons. The number of allylic oxidation sites excluding steroid dienone is 1. The number of unbranched alkanes of at least 4 members (excludes halogenated alkanes) is 1. The van der Waals surface area contributed by atoms with Gasteiger partial charge in [0.15, 0.2) is 11.6 Å². The van der Waals surface area contributed by atoms with Crippen LogP contribution in [0, 0.1) is 23.5 Å². The number of ether oxygens (including phenoxy) is 1. The zero-order valence-electron chi connectivity index (χ0n) is 20.2. The Kier molecular flexibility index (Phi) is 8.18. The van der Waals surface area contributed by atoms with Crippen molar-refractivity contribution < 1.29 is 26.7 Å². The number of fused-ring (bicyclic) bond motifs is 1. The molecule has 4 rings (SSSR count).